The van der Waals surface area contributed by atoms with Crippen LogP contribution in [0.5, 0.6) is 5.88 Å². The number of hydrogen-bond donors (Lipinski definition) is 2. The molecule has 0 spiro atoms. The molecule has 8 nitrogen and oxygen atoms in total. The van der Waals surface area contributed by atoms with E-state index in [1.165, 1.54) is 0 Å². The molecule has 0 unspecified atom stereocenters. The number of piperidine rings is 1. The molecular formula is C18H30IN5O3. The molecule has 2 heterocycles. The molecule has 1 aromatic rings. The van der Waals surface area contributed by atoms with E-state index in [1.807, 2.05) is 26.0 Å². The van der Waals surface area contributed by atoms with Crippen molar-refractivity contribution in [2.45, 2.75) is 39.3 Å². The van der Waals surface area contributed by atoms with E-state index >= 15 is 0 Å². The SMILES string of the molecule is CCOC(=O)N1CCC(NC(=NC)NCc2cccnc2OCC)CC1.I. The number of nitrogens with zero attached hydrogens (tertiary/aromatic N) is 3. The van der Waals surface area contributed by atoms with Crippen LogP contribution in [0, 0.1) is 0 Å². The Hall–Kier alpha value is -1.78. The predicted molar refractivity (Wildman–Crippen MR) is 116 cm³/mol. The van der Waals surface area contributed by atoms with Gasteiger partial charge in [-0.05, 0) is 32.8 Å². The summed E-state index contributed by atoms with van der Waals surface area (Å²) in [6, 6.07) is 4.14. The van der Waals surface area contributed by atoms with E-state index in [9.17, 15) is 4.79 Å². The van der Waals surface area contributed by atoms with E-state index in [-0.39, 0.29) is 36.1 Å². The minimum atomic E-state index is -0.228. The second-order valence-corrected chi connectivity index (χ2v) is 5.93. The number of amides is 1. The molecule has 0 aromatic carbocycles. The summed E-state index contributed by atoms with van der Waals surface area (Å²) in [6.45, 7) is 6.69. The van der Waals surface area contributed by atoms with E-state index in [1.54, 1.807) is 18.1 Å². The zero-order valence-corrected chi connectivity index (χ0v) is 18.6. The van der Waals surface area contributed by atoms with Gasteiger partial charge in [0, 0.05) is 44.5 Å². The minimum absolute atomic E-state index is 0. The maximum atomic E-state index is 11.8. The molecule has 27 heavy (non-hydrogen) atoms. The van der Waals surface area contributed by atoms with Crippen LogP contribution in [-0.4, -0.2) is 61.3 Å². The lowest BCUT2D eigenvalue weighted by Gasteiger charge is -2.32. The number of rotatable bonds is 6. The highest BCUT2D eigenvalue weighted by Gasteiger charge is 2.24. The third kappa shape index (κ3) is 7.39. The Bertz CT molecular complexity index is 606. The fourth-order valence-corrected chi connectivity index (χ4v) is 2.81. The van der Waals surface area contributed by atoms with Crippen molar-refractivity contribution in [1.29, 1.82) is 0 Å². The van der Waals surface area contributed by atoms with Gasteiger partial charge in [-0.3, -0.25) is 4.99 Å². The number of hydrogen-bond acceptors (Lipinski definition) is 5. The fraction of sp³-hybridized carbons (Fsp3) is 0.611. The average molecular weight is 491 g/mol. The first kappa shape index (κ1) is 23.3. The monoisotopic (exact) mass is 491 g/mol. The molecule has 0 bridgehead atoms. The molecule has 1 saturated heterocycles. The molecule has 2 N–H and O–H groups in total. The van der Waals surface area contributed by atoms with Crippen LogP contribution in [-0.2, 0) is 11.3 Å². The van der Waals surface area contributed by atoms with Gasteiger partial charge in [-0.2, -0.15) is 0 Å². The molecule has 1 fully saturated rings. The van der Waals surface area contributed by atoms with Crippen LogP contribution < -0.4 is 15.4 Å². The lowest BCUT2D eigenvalue weighted by molar-refractivity contribution is 0.0963. The van der Waals surface area contributed by atoms with Crippen molar-refractivity contribution < 1.29 is 14.3 Å². The molecule has 0 saturated carbocycles. The number of nitrogens with one attached hydrogen (secondary N) is 2. The molecule has 1 amide bonds. The molecule has 0 radical (unpaired) electrons. The van der Waals surface area contributed by atoms with Crippen LogP contribution in [0.1, 0.15) is 32.3 Å². The highest BCUT2D eigenvalue weighted by molar-refractivity contribution is 14.0. The summed E-state index contributed by atoms with van der Waals surface area (Å²) >= 11 is 0. The molecular weight excluding hydrogens is 461 g/mol. The molecule has 0 aliphatic carbocycles. The standard InChI is InChI=1S/C18H29N5O3.HI/c1-4-25-16-14(7-6-10-20-16)13-21-17(19-3)22-15-8-11-23(12-9-15)18(24)26-5-2;/h6-7,10,15H,4-5,8-9,11-13H2,1-3H3,(H2,19,21,22);1H. The number of carbonyl (C=O) groups excluding carboxylic acids is 1. The zero-order valence-electron chi connectivity index (χ0n) is 16.2. The summed E-state index contributed by atoms with van der Waals surface area (Å²) < 4.78 is 10.6. The second-order valence-electron chi connectivity index (χ2n) is 5.93. The number of halogens is 1. The van der Waals surface area contributed by atoms with Gasteiger partial charge in [0.1, 0.15) is 0 Å². The van der Waals surface area contributed by atoms with Crippen LogP contribution in [0.15, 0.2) is 23.3 Å². The minimum Gasteiger partial charge on any atom is -0.478 e. The molecule has 9 heteroatoms. The quantitative estimate of drug-likeness (QED) is 0.361. The molecule has 1 aromatic heterocycles. The van der Waals surface area contributed by atoms with Gasteiger partial charge >= 0.3 is 6.09 Å². The van der Waals surface area contributed by atoms with Crippen LogP contribution in [0.4, 0.5) is 4.79 Å². The van der Waals surface area contributed by atoms with Crippen molar-refractivity contribution in [2.75, 3.05) is 33.4 Å². The Morgan fingerprint density at radius 2 is 2.07 bits per heavy atom. The lowest BCUT2D eigenvalue weighted by Crippen LogP contribution is -2.49. The molecule has 2 rings (SSSR count). The van der Waals surface area contributed by atoms with Gasteiger partial charge in [-0.1, -0.05) is 6.07 Å². The molecule has 152 valence electrons. The van der Waals surface area contributed by atoms with E-state index in [0.717, 1.165) is 24.4 Å². The van der Waals surface area contributed by atoms with Gasteiger partial charge in [0.05, 0.1) is 13.2 Å². The number of pyridine rings is 1. The van der Waals surface area contributed by atoms with E-state index < -0.39 is 0 Å². The Balaban J connectivity index is 0.00000364. The Labute approximate surface area is 178 Å². The van der Waals surface area contributed by atoms with Gasteiger partial charge in [0.2, 0.25) is 5.88 Å². The van der Waals surface area contributed by atoms with E-state index in [4.69, 9.17) is 9.47 Å². The van der Waals surface area contributed by atoms with Crippen molar-refractivity contribution in [2.24, 2.45) is 4.99 Å². The summed E-state index contributed by atoms with van der Waals surface area (Å²) in [5.74, 6) is 1.37. The fourth-order valence-electron chi connectivity index (χ4n) is 2.81. The summed E-state index contributed by atoms with van der Waals surface area (Å²) in [4.78, 5) is 22.0. The van der Waals surface area contributed by atoms with Gasteiger partial charge in [0.15, 0.2) is 5.96 Å². The van der Waals surface area contributed by atoms with Crippen LogP contribution in [0.25, 0.3) is 0 Å². The van der Waals surface area contributed by atoms with E-state index in [0.29, 0.717) is 38.7 Å². The Morgan fingerprint density at radius 1 is 1.33 bits per heavy atom. The Morgan fingerprint density at radius 3 is 2.70 bits per heavy atom. The van der Waals surface area contributed by atoms with Gasteiger partial charge in [-0.25, -0.2) is 9.78 Å². The first-order chi connectivity index (χ1) is 12.7. The van der Waals surface area contributed by atoms with Crippen molar-refractivity contribution >= 4 is 36.0 Å². The summed E-state index contributed by atoms with van der Waals surface area (Å²) in [5, 5.41) is 6.72. The van der Waals surface area contributed by atoms with Crippen molar-refractivity contribution in [3.05, 3.63) is 23.9 Å². The third-order valence-electron chi connectivity index (χ3n) is 4.16. The van der Waals surface area contributed by atoms with Crippen molar-refractivity contribution in [3.8, 4) is 5.88 Å². The summed E-state index contributed by atoms with van der Waals surface area (Å²) in [5.41, 5.74) is 0.981. The van der Waals surface area contributed by atoms with Crippen LogP contribution >= 0.6 is 24.0 Å². The number of aliphatic imine (C=N–C) groups is 1. The molecule has 1 aliphatic heterocycles. The van der Waals surface area contributed by atoms with Crippen LogP contribution in [0.2, 0.25) is 0 Å². The maximum Gasteiger partial charge on any atom is 0.409 e. The zero-order chi connectivity index (χ0) is 18.8. The normalized spacial score (nSPS) is 14.9. The van der Waals surface area contributed by atoms with Gasteiger partial charge < -0.3 is 25.0 Å². The Kier molecular flexibility index (Phi) is 10.8. The first-order valence-electron chi connectivity index (χ1n) is 9.13. The smallest absolute Gasteiger partial charge is 0.409 e. The largest absolute Gasteiger partial charge is 0.478 e. The number of ether oxygens (including phenoxy) is 2. The first-order valence-corrected chi connectivity index (χ1v) is 9.13. The number of likely N-dealkylation sites (tertiary alicyclic amines) is 1. The lowest BCUT2D eigenvalue weighted by atomic mass is 10.1. The highest BCUT2D eigenvalue weighted by atomic mass is 127. The molecule has 1 aliphatic rings. The topological polar surface area (TPSA) is 88.1 Å². The van der Waals surface area contributed by atoms with Gasteiger partial charge in [0.25, 0.3) is 0 Å². The third-order valence-corrected chi connectivity index (χ3v) is 4.16. The van der Waals surface area contributed by atoms with E-state index in [2.05, 4.69) is 20.6 Å². The van der Waals surface area contributed by atoms with Gasteiger partial charge in [-0.15, -0.1) is 24.0 Å². The number of guanidine groups is 1. The second kappa shape index (κ2) is 12.6. The van der Waals surface area contributed by atoms with Crippen molar-refractivity contribution in [1.82, 2.24) is 20.5 Å². The number of carbonyl (C=O) groups is 1. The predicted octanol–water partition coefficient (Wildman–Crippen LogP) is 2.38. The summed E-state index contributed by atoms with van der Waals surface area (Å²) in [6.07, 6.45) is 3.21. The average Bonchev–Trinajstić information content (AvgIpc) is 2.67. The van der Waals surface area contributed by atoms with Crippen LogP contribution in [0.3, 0.4) is 0 Å². The summed E-state index contributed by atoms with van der Waals surface area (Å²) in [7, 11) is 1.75. The van der Waals surface area contributed by atoms with Crippen molar-refractivity contribution in [3.63, 3.8) is 0 Å². The number of aromatic nitrogens is 1. The molecule has 0 atom stereocenters. The highest BCUT2D eigenvalue weighted by Crippen LogP contribution is 2.14. The maximum absolute atomic E-state index is 11.8.